The van der Waals surface area contributed by atoms with E-state index in [1.54, 1.807) is 0 Å². The number of guanidine groups is 1. The molecule has 0 amide bonds. The van der Waals surface area contributed by atoms with Gasteiger partial charge in [-0.2, -0.15) is 11.8 Å². The Kier molecular flexibility index (Phi) is 5.36. The fourth-order valence-electron chi connectivity index (χ4n) is 3.83. The molecule has 0 saturated heterocycles. The molecule has 0 aromatic carbocycles. The van der Waals surface area contributed by atoms with Crippen molar-refractivity contribution in [1.82, 2.24) is 10.6 Å². The first kappa shape index (κ1) is 15.5. The second kappa shape index (κ2) is 7.26. The first-order valence-electron chi connectivity index (χ1n) is 8.89. The van der Waals surface area contributed by atoms with Crippen molar-refractivity contribution in [3.63, 3.8) is 0 Å². The smallest absolute Gasteiger partial charge is 0.191 e. The molecule has 120 valence electrons. The zero-order chi connectivity index (χ0) is 14.7. The summed E-state index contributed by atoms with van der Waals surface area (Å²) in [7, 11) is 1.91. The topological polar surface area (TPSA) is 36.4 Å². The molecule has 3 rings (SSSR count). The molecular weight excluding hydrogens is 278 g/mol. The van der Waals surface area contributed by atoms with E-state index in [1.807, 2.05) is 7.05 Å². The van der Waals surface area contributed by atoms with E-state index in [1.165, 1.54) is 50.7 Å². The lowest BCUT2D eigenvalue weighted by atomic mass is 9.98. The number of thioether (sulfide) groups is 1. The third kappa shape index (κ3) is 4.54. The van der Waals surface area contributed by atoms with Crippen LogP contribution in [-0.2, 0) is 0 Å². The van der Waals surface area contributed by atoms with Gasteiger partial charge >= 0.3 is 0 Å². The predicted molar refractivity (Wildman–Crippen MR) is 93.0 cm³/mol. The maximum atomic E-state index is 4.44. The fraction of sp³-hybridized carbons (Fsp3) is 0.941. The summed E-state index contributed by atoms with van der Waals surface area (Å²) in [6.45, 7) is 3.40. The van der Waals surface area contributed by atoms with Crippen LogP contribution in [0, 0.1) is 17.8 Å². The lowest BCUT2D eigenvalue weighted by Gasteiger charge is -2.21. The molecule has 3 nitrogen and oxygen atoms in total. The first-order valence-corrected chi connectivity index (χ1v) is 9.93. The van der Waals surface area contributed by atoms with Gasteiger partial charge in [0.1, 0.15) is 0 Å². The molecule has 2 N–H and O–H groups in total. The lowest BCUT2D eigenvalue weighted by molar-refractivity contribution is 0.399. The number of nitrogens with zero attached hydrogens (tertiary/aromatic N) is 1. The average molecular weight is 310 g/mol. The van der Waals surface area contributed by atoms with Crippen molar-refractivity contribution in [2.45, 2.75) is 63.2 Å². The van der Waals surface area contributed by atoms with Crippen molar-refractivity contribution in [3.05, 3.63) is 0 Å². The van der Waals surface area contributed by atoms with Crippen LogP contribution < -0.4 is 10.6 Å². The van der Waals surface area contributed by atoms with Gasteiger partial charge in [-0.3, -0.25) is 4.99 Å². The molecular formula is C17H31N3S. The SMILES string of the molecule is CCSC1CCC(NC(=NC)NCC(C2CC2)C2CC2)C1. The molecule has 2 unspecified atom stereocenters. The van der Waals surface area contributed by atoms with E-state index >= 15 is 0 Å². The molecule has 0 aromatic heterocycles. The van der Waals surface area contributed by atoms with E-state index in [4.69, 9.17) is 0 Å². The molecule has 0 radical (unpaired) electrons. The summed E-state index contributed by atoms with van der Waals surface area (Å²) in [5.74, 6) is 5.22. The maximum absolute atomic E-state index is 4.44. The minimum atomic E-state index is 0.626. The molecule has 3 saturated carbocycles. The van der Waals surface area contributed by atoms with Gasteiger partial charge in [-0.05, 0) is 68.5 Å². The average Bonchev–Trinajstić information content (AvgIpc) is 3.39. The van der Waals surface area contributed by atoms with Crippen molar-refractivity contribution in [1.29, 1.82) is 0 Å². The zero-order valence-corrected chi connectivity index (χ0v) is 14.4. The van der Waals surface area contributed by atoms with Crippen molar-refractivity contribution < 1.29 is 0 Å². The van der Waals surface area contributed by atoms with Gasteiger partial charge in [0.2, 0.25) is 0 Å². The van der Waals surface area contributed by atoms with E-state index in [9.17, 15) is 0 Å². The molecule has 2 atom stereocenters. The maximum Gasteiger partial charge on any atom is 0.191 e. The molecule has 3 fully saturated rings. The second-order valence-electron chi connectivity index (χ2n) is 7.02. The molecule has 0 aromatic rings. The van der Waals surface area contributed by atoms with Gasteiger partial charge in [0.25, 0.3) is 0 Å². The van der Waals surface area contributed by atoms with E-state index < -0.39 is 0 Å². The van der Waals surface area contributed by atoms with Gasteiger partial charge < -0.3 is 10.6 Å². The standard InChI is InChI=1S/C17H31N3S/c1-3-21-15-9-8-14(10-15)20-17(18-2)19-11-16(12-4-5-12)13-6-7-13/h12-16H,3-11H2,1-2H3,(H2,18,19,20). The zero-order valence-electron chi connectivity index (χ0n) is 13.6. The summed E-state index contributed by atoms with van der Waals surface area (Å²) in [5, 5.41) is 8.13. The Morgan fingerprint density at radius 1 is 1.14 bits per heavy atom. The van der Waals surface area contributed by atoms with Crippen LogP contribution in [0.3, 0.4) is 0 Å². The highest BCUT2D eigenvalue weighted by Gasteiger charge is 2.41. The molecule has 0 bridgehead atoms. The summed E-state index contributed by atoms with van der Waals surface area (Å²) < 4.78 is 0. The fourth-order valence-corrected chi connectivity index (χ4v) is 4.97. The Hall–Kier alpha value is -0.380. The van der Waals surface area contributed by atoms with Crippen molar-refractivity contribution in [2.24, 2.45) is 22.7 Å². The number of nitrogens with one attached hydrogen (secondary N) is 2. The van der Waals surface area contributed by atoms with Crippen LogP contribution in [0.5, 0.6) is 0 Å². The van der Waals surface area contributed by atoms with Gasteiger partial charge in [0.15, 0.2) is 5.96 Å². The van der Waals surface area contributed by atoms with E-state index in [2.05, 4.69) is 34.3 Å². The van der Waals surface area contributed by atoms with Gasteiger partial charge in [0, 0.05) is 24.9 Å². The normalized spacial score (nSPS) is 30.0. The van der Waals surface area contributed by atoms with Crippen LogP contribution in [0.1, 0.15) is 51.9 Å². The Morgan fingerprint density at radius 2 is 1.86 bits per heavy atom. The number of hydrogen-bond acceptors (Lipinski definition) is 2. The van der Waals surface area contributed by atoms with Gasteiger partial charge in [0.05, 0.1) is 0 Å². The summed E-state index contributed by atoms with van der Waals surface area (Å²) >= 11 is 2.12. The Labute approximate surface area is 134 Å². The largest absolute Gasteiger partial charge is 0.356 e. The van der Waals surface area contributed by atoms with Crippen molar-refractivity contribution in [2.75, 3.05) is 19.3 Å². The van der Waals surface area contributed by atoms with Crippen LogP contribution >= 0.6 is 11.8 Å². The predicted octanol–water partition coefficient (Wildman–Crippen LogP) is 3.26. The minimum absolute atomic E-state index is 0.626. The Morgan fingerprint density at radius 3 is 2.43 bits per heavy atom. The van der Waals surface area contributed by atoms with Crippen LogP contribution in [0.2, 0.25) is 0 Å². The third-order valence-corrected chi connectivity index (χ3v) is 6.54. The molecule has 4 heteroatoms. The monoisotopic (exact) mass is 309 g/mol. The summed E-state index contributed by atoms with van der Waals surface area (Å²) in [6.07, 6.45) is 9.82. The quantitative estimate of drug-likeness (QED) is 0.560. The van der Waals surface area contributed by atoms with E-state index in [0.29, 0.717) is 6.04 Å². The highest BCUT2D eigenvalue weighted by Crippen LogP contribution is 2.48. The van der Waals surface area contributed by atoms with E-state index in [0.717, 1.165) is 35.5 Å². The highest BCUT2D eigenvalue weighted by atomic mass is 32.2. The minimum Gasteiger partial charge on any atom is -0.356 e. The molecule has 3 aliphatic rings. The van der Waals surface area contributed by atoms with Gasteiger partial charge in [-0.1, -0.05) is 6.92 Å². The summed E-state index contributed by atoms with van der Waals surface area (Å²) in [4.78, 5) is 4.44. The second-order valence-corrected chi connectivity index (χ2v) is 8.60. The van der Waals surface area contributed by atoms with Crippen molar-refractivity contribution in [3.8, 4) is 0 Å². The number of hydrogen-bond donors (Lipinski definition) is 2. The first-order chi connectivity index (χ1) is 10.3. The number of rotatable bonds is 7. The van der Waals surface area contributed by atoms with Crippen LogP contribution in [0.15, 0.2) is 4.99 Å². The lowest BCUT2D eigenvalue weighted by Crippen LogP contribution is -2.44. The summed E-state index contributed by atoms with van der Waals surface area (Å²) in [5.41, 5.74) is 0. The third-order valence-electron chi connectivity index (χ3n) is 5.31. The van der Waals surface area contributed by atoms with Crippen LogP contribution in [-0.4, -0.2) is 36.6 Å². The molecule has 0 aliphatic heterocycles. The Balaban J connectivity index is 1.41. The molecule has 21 heavy (non-hydrogen) atoms. The van der Waals surface area contributed by atoms with Gasteiger partial charge in [-0.15, -0.1) is 0 Å². The molecule has 3 aliphatic carbocycles. The number of aliphatic imine (C=N–C) groups is 1. The van der Waals surface area contributed by atoms with Crippen molar-refractivity contribution >= 4 is 17.7 Å². The Bertz CT molecular complexity index is 351. The highest BCUT2D eigenvalue weighted by molar-refractivity contribution is 7.99. The molecule has 0 spiro atoms. The van der Waals surface area contributed by atoms with Crippen LogP contribution in [0.4, 0.5) is 0 Å². The summed E-state index contributed by atoms with van der Waals surface area (Å²) in [6, 6.07) is 0.626. The van der Waals surface area contributed by atoms with Crippen LogP contribution in [0.25, 0.3) is 0 Å². The van der Waals surface area contributed by atoms with E-state index in [-0.39, 0.29) is 0 Å². The van der Waals surface area contributed by atoms with Gasteiger partial charge in [-0.25, -0.2) is 0 Å². The molecule has 0 heterocycles.